The van der Waals surface area contributed by atoms with Crippen molar-refractivity contribution in [2.45, 2.75) is 37.4 Å². The second kappa shape index (κ2) is 10.7. The first-order valence-electron chi connectivity index (χ1n) is 11.1. The third kappa shape index (κ3) is 5.32. The molecular formula is C23H30N6O3S. The Morgan fingerprint density at radius 1 is 1.12 bits per heavy atom. The minimum atomic E-state index is -0.0629. The summed E-state index contributed by atoms with van der Waals surface area (Å²) in [4.78, 5) is 24.3. The summed E-state index contributed by atoms with van der Waals surface area (Å²) in [5.41, 5.74) is 1.67. The standard InChI is InChI=1S/C23H30N6O3S/c1-31-18-8-7-16(13-19(18)32-2)14-20(30)24-9-12-29-22-17(15-25-29)21(26-23(27-22)33-3)28-10-5-4-6-11-28/h7-8,13,15H,4-6,9-12,14H2,1-3H3,(H,24,30). The molecule has 0 bridgehead atoms. The number of ether oxygens (including phenoxy) is 2. The number of fused-ring (bicyclic) bond motifs is 1. The van der Waals surface area contributed by atoms with E-state index in [0.29, 0.717) is 24.6 Å². The van der Waals surface area contributed by atoms with E-state index in [1.54, 1.807) is 20.3 Å². The Morgan fingerprint density at radius 3 is 2.64 bits per heavy atom. The number of nitrogens with zero attached hydrogens (tertiary/aromatic N) is 5. The van der Waals surface area contributed by atoms with Crippen molar-refractivity contribution in [1.29, 1.82) is 0 Å². The number of piperidine rings is 1. The largest absolute Gasteiger partial charge is 0.493 e. The van der Waals surface area contributed by atoms with E-state index in [4.69, 9.17) is 19.4 Å². The first-order valence-corrected chi connectivity index (χ1v) is 12.4. The molecule has 1 fully saturated rings. The van der Waals surface area contributed by atoms with Crippen LogP contribution in [0.15, 0.2) is 29.6 Å². The maximum atomic E-state index is 12.5. The van der Waals surface area contributed by atoms with Gasteiger partial charge in [0, 0.05) is 19.6 Å². The average Bonchev–Trinajstić information content (AvgIpc) is 3.26. The summed E-state index contributed by atoms with van der Waals surface area (Å²) in [6.45, 7) is 3.01. The lowest BCUT2D eigenvalue weighted by atomic mass is 10.1. The summed E-state index contributed by atoms with van der Waals surface area (Å²) in [7, 11) is 3.17. The lowest BCUT2D eigenvalue weighted by Gasteiger charge is -2.28. The molecule has 3 heterocycles. The molecule has 4 rings (SSSR count). The molecule has 176 valence electrons. The smallest absolute Gasteiger partial charge is 0.224 e. The quantitative estimate of drug-likeness (QED) is 0.377. The van der Waals surface area contributed by atoms with Crippen molar-refractivity contribution < 1.29 is 14.3 Å². The zero-order valence-electron chi connectivity index (χ0n) is 19.3. The van der Waals surface area contributed by atoms with E-state index in [9.17, 15) is 4.79 Å². The van der Waals surface area contributed by atoms with Crippen LogP contribution in [0, 0.1) is 0 Å². The van der Waals surface area contributed by atoms with E-state index in [1.165, 1.54) is 31.0 Å². The molecule has 2 aromatic heterocycles. The molecule has 3 aromatic rings. The number of thioether (sulfide) groups is 1. The monoisotopic (exact) mass is 470 g/mol. The zero-order valence-corrected chi connectivity index (χ0v) is 20.2. The van der Waals surface area contributed by atoms with E-state index < -0.39 is 0 Å². The molecule has 1 amide bonds. The predicted octanol–water partition coefficient (Wildman–Crippen LogP) is 2.91. The molecule has 1 aromatic carbocycles. The van der Waals surface area contributed by atoms with E-state index in [0.717, 1.165) is 40.7 Å². The molecule has 9 nitrogen and oxygen atoms in total. The predicted molar refractivity (Wildman–Crippen MR) is 129 cm³/mol. The molecule has 10 heteroatoms. The summed E-state index contributed by atoms with van der Waals surface area (Å²) in [6, 6.07) is 5.49. The van der Waals surface area contributed by atoms with Crippen molar-refractivity contribution in [1.82, 2.24) is 25.1 Å². The van der Waals surface area contributed by atoms with Crippen molar-refractivity contribution in [2.24, 2.45) is 0 Å². The van der Waals surface area contributed by atoms with Gasteiger partial charge >= 0.3 is 0 Å². The Bertz CT molecular complexity index is 1110. The molecule has 0 atom stereocenters. The number of anilines is 1. The van der Waals surface area contributed by atoms with Gasteiger partial charge in [0.05, 0.1) is 38.8 Å². The van der Waals surface area contributed by atoms with Gasteiger partial charge in [0.1, 0.15) is 5.82 Å². The van der Waals surface area contributed by atoms with Gasteiger partial charge in [-0.1, -0.05) is 17.8 Å². The molecular weight excluding hydrogens is 440 g/mol. The van der Waals surface area contributed by atoms with E-state index in [2.05, 4.69) is 15.3 Å². The Labute approximate surface area is 197 Å². The number of benzene rings is 1. The molecule has 1 N–H and O–H groups in total. The van der Waals surface area contributed by atoms with Gasteiger partial charge in [-0.2, -0.15) is 5.10 Å². The summed E-state index contributed by atoms with van der Waals surface area (Å²) >= 11 is 1.53. The molecule has 33 heavy (non-hydrogen) atoms. The second-order valence-electron chi connectivity index (χ2n) is 7.90. The lowest BCUT2D eigenvalue weighted by molar-refractivity contribution is -0.120. The van der Waals surface area contributed by atoms with Crippen LogP contribution in [-0.2, 0) is 17.8 Å². The molecule has 0 radical (unpaired) electrons. The van der Waals surface area contributed by atoms with Gasteiger partial charge < -0.3 is 19.7 Å². The molecule has 0 unspecified atom stereocenters. The van der Waals surface area contributed by atoms with Gasteiger partial charge in [0.2, 0.25) is 5.91 Å². The minimum Gasteiger partial charge on any atom is -0.493 e. The van der Waals surface area contributed by atoms with Crippen LogP contribution < -0.4 is 19.7 Å². The van der Waals surface area contributed by atoms with Crippen LogP contribution in [-0.4, -0.2) is 65.8 Å². The van der Waals surface area contributed by atoms with Gasteiger partial charge in [0.15, 0.2) is 22.3 Å². The van der Waals surface area contributed by atoms with Crippen molar-refractivity contribution >= 4 is 34.5 Å². The number of amides is 1. The number of hydrogen-bond acceptors (Lipinski definition) is 8. The Morgan fingerprint density at radius 2 is 1.91 bits per heavy atom. The Kier molecular flexibility index (Phi) is 7.54. The summed E-state index contributed by atoms with van der Waals surface area (Å²) in [5, 5.41) is 9.22. The summed E-state index contributed by atoms with van der Waals surface area (Å²) in [6.07, 6.45) is 7.71. The van der Waals surface area contributed by atoms with Crippen LogP contribution in [0.4, 0.5) is 5.82 Å². The van der Waals surface area contributed by atoms with Gasteiger partial charge in [-0.15, -0.1) is 0 Å². The van der Waals surface area contributed by atoms with Crippen molar-refractivity contribution in [2.75, 3.05) is 45.0 Å². The number of methoxy groups -OCH3 is 2. The molecule has 0 saturated carbocycles. The fourth-order valence-corrected chi connectivity index (χ4v) is 4.42. The highest BCUT2D eigenvalue weighted by Crippen LogP contribution is 2.29. The van der Waals surface area contributed by atoms with Gasteiger partial charge in [-0.25, -0.2) is 14.6 Å². The van der Waals surface area contributed by atoms with Crippen LogP contribution in [0.3, 0.4) is 0 Å². The van der Waals surface area contributed by atoms with Gasteiger partial charge in [-0.05, 0) is 43.2 Å². The number of hydrogen-bond donors (Lipinski definition) is 1. The highest BCUT2D eigenvalue weighted by molar-refractivity contribution is 7.98. The molecule has 1 saturated heterocycles. The number of rotatable bonds is 9. The molecule has 1 aliphatic rings. The first kappa shape index (κ1) is 23.2. The fraction of sp³-hybridized carbons (Fsp3) is 0.478. The van der Waals surface area contributed by atoms with Gasteiger partial charge in [-0.3, -0.25) is 4.79 Å². The summed E-state index contributed by atoms with van der Waals surface area (Å²) < 4.78 is 12.4. The number of aromatic nitrogens is 4. The Hall–Kier alpha value is -3.01. The van der Waals surface area contributed by atoms with Crippen molar-refractivity contribution in [3.63, 3.8) is 0 Å². The molecule has 0 aliphatic carbocycles. The highest BCUT2D eigenvalue weighted by atomic mass is 32.2. The van der Waals surface area contributed by atoms with E-state index >= 15 is 0 Å². The number of carbonyl (C=O) groups is 1. The van der Waals surface area contributed by atoms with E-state index in [-0.39, 0.29) is 12.3 Å². The topological polar surface area (TPSA) is 94.4 Å². The first-order chi connectivity index (χ1) is 16.1. The third-order valence-corrected chi connectivity index (χ3v) is 6.30. The normalized spacial score (nSPS) is 13.8. The number of nitrogens with one attached hydrogen (secondary N) is 1. The maximum Gasteiger partial charge on any atom is 0.224 e. The van der Waals surface area contributed by atoms with Crippen LogP contribution in [0.1, 0.15) is 24.8 Å². The SMILES string of the molecule is COc1ccc(CC(=O)NCCn2ncc3c(N4CCCCC4)nc(SC)nc32)cc1OC. The lowest BCUT2D eigenvalue weighted by Crippen LogP contribution is -2.30. The minimum absolute atomic E-state index is 0.0629. The molecule has 0 spiro atoms. The average molecular weight is 471 g/mol. The van der Waals surface area contributed by atoms with Crippen molar-refractivity contribution in [3.8, 4) is 11.5 Å². The van der Waals surface area contributed by atoms with E-state index in [1.807, 2.05) is 29.3 Å². The van der Waals surface area contributed by atoms with Crippen LogP contribution in [0.5, 0.6) is 11.5 Å². The van der Waals surface area contributed by atoms with Crippen LogP contribution in [0.25, 0.3) is 11.0 Å². The third-order valence-electron chi connectivity index (χ3n) is 5.75. The fourth-order valence-electron chi connectivity index (χ4n) is 4.06. The van der Waals surface area contributed by atoms with Crippen LogP contribution >= 0.6 is 11.8 Å². The van der Waals surface area contributed by atoms with Crippen LogP contribution in [0.2, 0.25) is 0 Å². The Balaban J connectivity index is 1.41. The highest BCUT2D eigenvalue weighted by Gasteiger charge is 2.19. The molecule has 1 aliphatic heterocycles. The van der Waals surface area contributed by atoms with Gasteiger partial charge in [0.25, 0.3) is 0 Å². The maximum absolute atomic E-state index is 12.5. The van der Waals surface area contributed by atoms with Crippen molar-refractivity contribution in [3.05, 3.63) is 30.0 Å². The second-order valence-corrected chi connectivity index (χ2v) is 8.68. The summed E-state index contributed by atoms with van der Waals surface area (Å²) in [5.74, 6) is 2.15. The zero-order chi connectivity index (χ0) is 23.2. The number of carbonyl (C=O) groups excluding carboxylic acids is 1.